The average Bonchev–Trinajstić information content (AvgIpc) is 3.13. The van der Waals surface area contributed by atoms with Crippen molar-refractivity contribution in [3.05, 3.63) is 54.6 Å². The van der Waals surface area contributed by atoms with E-state index in [9.17, 15) is 12.8 Å². The van der Waals surface area contributed by atoms with Crippen molar-refractivity contribution in [3.63, 3.8) is 0 Å². The Balaban J connectivity index is 1.57. The van der Waals surface area contributed by atoms with Crippen molar-refractivity contribution in [2.45, 2.75) is 18.7 Å². The predicted molar refractivity (Wildman–Crippen MR) is 105 cm³/mol. The molecule has 2 aromatic heterocycles. The van der Waals surface area contributed by atoms with Crippen LogP contribution in [0.5, 0.6) is 5.75 Å². The van der Waals surface area contributed by atoms with E-state index in [1.165, 1.54) is 18.5 Å². The summed E-state index contributed by atoms with van der Waals surface area (Å²) < 4.78 is 47.9. The van der Waals surface area contributed by atoms with E-state index in [0.29, 0.717) is 11.6 Å². The zero-order valence-electron chi connectivity index (χ0n) is 16.0. The summed E-state index contributed by atoms with van der Waals surface area (Å²) in [4.78, 5) is 12.3. The first-order chi connectivity index (χ1) is 13.9. The van der Waals surface area contributed by atoms with Crippen LogP contribution in [0.3, 0.4) is 0 Å². The molecule has 0 atom stereocenters. The second-order valence-corrected chi connectivity index (χ2v) is 7.72. The molecule has 154 valence electrons. The van der Waals surface area contributed by atoms with Crippen molar-refractivity contribution < 1.29 is 17.5 Å². The molecule has 0 aliphatic heterocycles. The normalized spacial score (nSPS) is 11.4. The minimum Gasteiger partial charge on any atom is -0.491 e. The smallest absolute Gasteiger partial charge is 0.240 e. The van der Waals surface area contributed by atoms with Gasteiger partial charge < -0.3 is 10.1 Å². The molecular formula is C18H21FN6O3S. The molecule has 29 heavy (non-hydrogen) atoms. The van der Waals surface area contributed by atoms with Gasteiger partial charge in [0.1, 0.15) is 23.8 Å². The van der Waals surface area contributed by atoms with Gasteiger partial charge in [0.05, 0.1) is 11.5 Å². The highest BCUT2D eigenvalue weighted by molar-refractivity contribution is 7.89. The number of nitrogens with zero attached hydrogens (tertiary/aromatic N) is 4. The van der Waals surface area contributed by atoms with Crippen molar-refractivity contribution in [2.75, 3.05) is 25.0 Å². The molecule has 1 aromatic carbocycles. The maximum atomic E-state index is 13.9. The van der Waals surface area contributed by atoms with E-state index in [4.69, 9.17) is 4.74 Å². The van der Waals surface area contributed by atoms with Crippen LogP contribution in [0.4, 0.5) is 10.2 Å². The lowest BCUT2D eigenvalue weighted by Gasteiger charge is -2.10. The number of ether oxygens (including phenoxy) is 1. The summed E-state index contributed by atoms with van der Waals surface area (Å²) in [5, 5.41) is 3.02. The molecule has 0 unspecified atom stereocenters. The second kappa shape index (κ2) is 8.97. The van der Waals surface area contributed by atoms with Crippen LogP contribution in [-0.2, 0) is 10.0 Å². The van der Waals surface area contributed by atoms with Crippen LogP contribution >= 0.6 is 0 Å². The third-order valence-electron chi connectivity index (χ3n) is 3.96. The van der Waals surface area contributed by atoms with Crippen LogP contribution in [0.25, 0.3) is 5.82 Å². The number of aromatic nitrogens is 4. The Bertz CT molecular complexity index is 1090. The van der Waals surface area contributed by atoms with Crippen molar-refractivity contribution in [1.82, 2.24) is 24.2 Å². The quantitative estimate of drug-likeness (QED) is 0.509. The summed E-state index contributed by atoms with van der Waals surface area (Å²) in [5.74, 6) is 1.25. The number of aryl methyl sites for hydroxylation is 1. The molecule has 3 rings (SSSR count). The summed E-state index contributed by atoms with van der Waals surface area (Å²) >= 11 is 0. The maximum absolute atomic E-state index is 13.9. The lowest BCUT2D eigenvalue weighted by molar-refractivity contribution is 0.321. The Kier molecular flexibility index (Phi) is 6.39. The lowest BCUT2D eigenvalue weighted by atomic mass is 10.3. The lowest BCUT2D eigenvalue weighted by Crippen LogP contribution is -2.29. The number of hydrogen-bond acceptors (Lipinski definition) is 7. The second-order valence-electron chi connectivity index (χ2n) is 5.96. The number of rotatable bonds is 9. The van der Waals surface area contributed by atoms with Gasteiger partial charge in [-0.25, -0.2) is 32.5 Å². The van der Waals surface area contributed by atoms with Gasteiger partial charge in [-0.15, -0.1) is 0 Å². The summed E-state index contributed by atoms with van der Waals surface area (Å²) in [6, 6.07) is 5.26. The van der Waals surface area contributed by atoms with Gasteiger partial charge in [-0.2, -0.15) is 0 Å². The molecule has 0 fully saturated rings. The fourth-order valence-corrected chi connectivity index (χ4v) is 3.62. The van der Waals surface area contributed by atoms with Gasteiger partial charge >= 0.3 is 0 Å². The third kappa shape index (κ3) is 5.06. The van der Waals surface area contributed by atoms with E-state index >= 15 is 0 Å². The molecule has 0 amide bonds. The summed E-state index contributed by atoms with van der Waals surface area (Å²) in [6.07, 6.45) is 4.86. The molecule has 2 N–H and O–H groups in total. The van der Waals surface area contributed by atoms with Gasteiger partial charge in [-0.3, -0.25) is 4.57 Å². The minimum atomic E-state index is -3.85. The van der Waals surface area contributed by atoms with Crippen molar-refractivity contribution >= 4 is 15.8 Å². The number of benzene rings is 1. The molecule has 0 bridgehead atoms. The van der Waals surface area contributed by atoms with Gasteiger partial charge in [-0.1, -0.05) is 0 Å². The Hall–Kier alpha value is -3.05. The number of hydrogen-bond donors (Lipinski definition) is 2. The van der Waals surface area contributed by atoms with E-state index in [0.717, 1.165) is 11.9 Å². The van der Waals surface area contributed by atoms with Crippen LogP contribution in [0.15, 0.2) is 47.9 Å². The highest BCUT2D eigenvalue weighted by Crippen LogP contribution is 2.21. The van der Waals surface area contributed by atoms with E-state index in [2.05, 4.69) is 25.0 Å². The number of halogens is 1. The van der Waals surface area contributed by atoms with E-state index in [1.54, 1.807) is 30.0 Å². The molecule has 0 aliphatic carbocycles. The Morgan fingerprint density at radius 1 is 1.17 bits per heavy atom. The van der Waals surface area contributed by atoms with Crippen molar-refractivity contribution in [3.8, 4) is 11.6 Å². The first-order valence-corrected chi connectivity index (χ1v) is 10.4. The van der Waals surface area contributed by atoms with Gasteiger partial charge in [0.15, 0.2) is 11.6 Å². The molecule has 0 aliphatic rings. The van der Waals surface area contributed by atoms with Gasteiger partial charge in [0.2, 0.25) is 10.0 Å². The Morgan fingerprint density at radius 3 is 2.69 bits per heavy atom. The zero-order valence-corrected chi connectivity index (χ0v) is 16.8. The minimum absolute atomic E-state index is 0.0146. The highest BCUT2D eigenvalue weighted by Gasteiger charge is 2.16. The average molecular weight is 420 g/mol. The molecule has 0 radical (unpaired) electrons. The summed E-state index contributed by atoms with van der Waals surface area (Å²) in [5.41, 5.74) is 0. The number of anilines is 1. The topological polar surface area (TPSA) is 111 Å². The largest absolute Gasteiger partial charge is 0.491 e. The first-order valence-electron chi connectivity index (χ1n) is 8.89. The van der Waals surface area contributed by atoms with Crippen LogP contribution in [0, 0.1) is 12.7 Å². The van der Waals surface area contributed by atoms with Crippen LogP contribution in [-0.4, -0.2) is 47.6 Å². The molecule has 0 saturated heterocycles. The van der Waals surface area contributed by atoms with Gasteiger partial charge in [0, 0.05) is 31.5 Å². The van der Waals surface area contributed by atoms with Gasteiger partial charge in [0.25, 0.3) is 0 Å². The molecule has 2 heterocycles. The van der Waals surface area contributed by atoms with Crippen molar-refractivity contribution in [2.24, 2.45) is 0 Å². The summed E-state index contributed by atoms with van der Waals surface area (Å²) in [6.45, 7) is 4.22. The first kappa shape index (κ1) is 20.7. The number of nitrogens with one attached hydrogen (secondary N) is 2. The predicted octanol–water partition coefficient (Wildman–Crippen LogP) is 1.90. The van der Waals surface area contributed by atoms with Crippen LogP contribution in [0.1, 0.15) is 12.7 Å². The Morgan fingerprint density at radius 2 is 2.00 bits per heavy atom. The van der Waals surface area contributed by atoms with E-state index in [1.807, 2.05) is 6.92 Å². The molecule has 0 saturated carbocycles. The monoisotopic (exact) mass is 420 g/mol. The fraction of sp³-hybridized carbons (Fsp3) is 0.278. The van der Waals surface area contributed by atoms with Crippen LogP contribution < -0.4 is 14.8 Å². The van der Waals surface area contributed by atoms with Crippen LogP contribution in [0.2, 0.25) is 0 Å². The molecule has 11 heteroatoms. The number of imidazole rings is 1. The molecule has 0 spiro atoms. The standard InChI is InChI=1S/C18H21FN6O3S/c1-3-28-16-5-4-14(10-15(16)19)29(26,27)24-7-6-21-17-11-18(23-12-22-17)25-9-8-20-13(25)2/h4-5,8-12,24H,3,6-7H2,1-2H3,(H,21,22,23). The zero-order chi connectivity index (χ0) is 20.9. The number of sulfonamides is 1. The third-order valence-corrected chi connectivity index (χ3v) is 5.42. The highest BCUT2D eigenvalue weighted by atomic mass is 32.2. The summed E-state index contributed by atoms with van der Waals surface area (Å²) in [7, 11) is -3.85. The Labute approximate surface area is 168 Å². The van der Waals surface area contributed by atoms with Gasteiger partial charge in [-0.05, 0) is 32.0 Å². The molecule has 3 aromatic rings. The maximum Gasteiger partial charge on any atom is 0.240 e. The van der Waals surface area contributed by atoms with E-state index in [-0.39, 0.29) is 30.3 Å². The van der Waals surface area contributed by atoms with E-state index < -0.39 is 15.8 Å². The van der Waals surface area contributed by atoms with Crippen molar-refractivity contribution in [1.29, 1.82) is 0 Å². The SMILES string of the molecule is CCOc1ccc(S(=O)(=O)NCCNc2cc(-n3ccnc3C)ncn2)cc1F. The molecule has 9 nitrogen and oxygen atoms in total. The molecular weight excluding hydrogens is 399 g/mol. The fourth-order valence-electron chi connectivity index (χ4n) is 2.58.